The van der Waals surface area contributed by atoms with Crippen LogP contribution in [-0.4, -0.2) is 46.7 Å². The maximum absolute atomic E-state index is 8.88. The third-order valence-electron chi connectivity index (χ3n) is 22.0. The maximum Gasteiger partial charge on any atom is 0.488 e. The van der Waals surface area contributed by atoms with Crippen molar-refractivity contribution in [2.24, 2.45) is 0 Å². The van der Waals surface area contributed by atoms with Gasteiger partial charge < -0.3 is 29.6 Å². The molecule has 0 saturated carbocycles. The number of hydrogen-bond donors (Lipinski definition) is 2. The second-order valence-electron chi connectivity index (χ2n) is 30.7. The van der Waals surface area contributed by atoms with Crippen molar-refractivity contribution in [1.29, 1.82) is 0 Å². The highest BCUT2D eigenvalue weighted by Gasteiger charge is 2.47. The van der Waals surface area contributed by atoms with E-state index in [1.54, 1.807) is 12.1 Å². The zero-order valence-corrected chi connectivity index (χ0v) is 62.7. The van der Waals surface area contributed by atoms with Gasteiger partial charge in [0.05, 0.1) is 16.1 Å². The fourth-order valence-electron chi connectivity index (χ4n) is 17.0. The van der Waals surface area contributed by atoms with Gasteiger partial charge in [0.1, 0.15) is 0 Å². The number of benzene rings is 16. The first kappa shape index (κ1) is 66.3. The Morgan fingerprint density at radius 1 is 0.274 bits per heavy atom. The van der Waals surface area contributed by atoms with E-state index in [-0.39, 0.29) is 13.4 Å². The summed E-state index contributed by atoms with van der Waals surface area (Å²) >= 11 is 0. The maximum atomic E-state index is 8.88. The van der Waals surface area contributed by atoms with Crippen LogP contribution in [0.15, 0.2) is 340 Å². The number of hydrogen-bond acceptors (Lipinski definition) is 6. The van der Waals surface area contributed by atoms with E-state index >= 15 is 0 Å². The van der Waals surface area contributed by atoms with Gasteiger partial charge in [-0.2, -0.15) is 0 Å². The summed E-state index contributed by atoms with van der Waals surface area (Å²) in [5, 5.41) is 30.7. The summed E-state index contributed by atoms with van der Waals surface area (Å²) in [4.78, 5) is 10.1. The van der Waals surface area contributed by atoms with Crippen molar-refractivity contribution >= 4 is 197 Å². The van der Waals surface area contributed by atoms with Crippen molar-refractivity contribution in [3.63, 3.8) is 0 Å². The van der Waals surface area contributed by atoms with E-state index in [1.165, 1.54) is 160 Å². The Bertz CT molecular complexity index is 5770. The van der Waals surface area contributed by atoms with Gasteiger partial charge in [-0.15, -0.1) is 0 Å². The standard InChI is InChI=1S/C47H37BN2Si.C39H27BN2.C9H15BO2Si/c1-51(2,3)38-26-22-32(23-27-38)35-30-43-45-44(31-35)50(37-18-8-5-9-19-37)47-40-21-13-11-15-34(40)25-29-42(47)48(45)41-28-24-33-14-10-12-20-39(33)46(41)49(43)36-16-6-4-7-17-36;1-26-24-35-37-36(25-26)42(30-16-6-3-7-17-30)39-32-19-11-9-13-28(32)21-23-34(39)40(37)33-22-20-27-12-8-10-18-31(27)38(33)41(35)29-14-4-2-5-15-29;1-13(2,3)9-6-4-8(5-7-9)10(11)12/h4-31H,1-3H3;2-25H,1H3;4-7,11-12H,1-3H3. The van der Waals surface area contributed by atoms with E-state index in [0.29, 0.717) is 5.46 Å². The molecule has 16 aromatic rings. The Hall–Kier alpha value is -11.7. The van der Waals surface area contributed by atoms with Crippen LogP contribution in [0.2, 0.25) is 39.3 Å². The van der Waals surface area contributed by atoms with Crippen molar-refractivity contribution in [2.75, 3.05) is 19.6 Å². The molecule has 0 unspecified atom stereocenters. The van der Waals surface area contributed by atoms with Crippen LogP contribution in [0.4, 0.5) is 68.2 Å². The average Bonchev–Trinajstić information content (AvgIpc) is 0.694. The minimum absolute atomic E-state index is 0.0532. The van der Waals surface area contributed by atoms with Gasteiger partial charge in [0.2, 0.25) is 0 Å². The van der Waals surface area contributed by atoms with Crippen LogP contribution < -0.4 is 68.2 Å². The molecule has 0 saturated heterocycles. The zero-order valence-electron chi connectivity index (χ0n) is 60.7. The number of anilines is 12. The van der Waals surface area contributed by atoms with Gasteiger partial charge in [0.15, 0.2) is 0 Å². The Kier molecular flexibility index (Phi) is 16.5. The number of para-hydroxylation sites is 4. The fraction of sp³-hybridized carbons (Fsp3) is 0.0737. The molecule has 0 radical (unpaired) electrons. The molecule has 4 aliphatic heterocycles. The summed E-state index contributed by atoms with van der Waals surface area (Å²) < 4.78 is 0. The summed E-state index contributed by atoms with van der Waals surface area (Å²) in [6.07, 6.45) is 0. The molecule has 106 heavy (non-hydrogen) atoms. The van der Waals surface area contributed by atoms with Gasteiger partial charge in [-0.1, -0.05) is 317 Å². The Labute approximate surface area is 624 Å². The van der Waals surface area contributed by atoms with Crippen LogP contribution in [0.3, 0.4) is 0 Å². The van der Waals surface area contributed by atoms with E-state index < -0.39 is 23.3 Å². The minimum atomic E-state index is -1.46. The zero-order chi connectivity index (χ0) is 72.1. The second-order valence-corrected chi connectivity index (χ2v) is 40.8. The number of aryl methyl sites for hydroxylation is 1. The Morgan fingerprint density at radius 3 is 0.821 bits per heavy atom. The van der Waals surface area contributed by atoms with E-state index in [1.807, 2.05) is 12.1 Å². The first-order valence-corrected chi connectivity index (χ1v) is 44.0. The van der Waals surface area contributed by atoms with Gasteiger partial charge in [0.25, 0.3) is 13.4 Å². The molecule has 0 bridgehead atoms. The summed E-state index contributed by atoms with van der Waals surface area (Å²) in [5.74, 6) is 0. The van der Waals surface area contributed by atoms with E-state index in [2.05, 4.69) is 381 Å². The summed E-state index contributed by atoms with van der Waals surface area (Å²) in [7, 11) is -4.06. The molecule has 16 aromatic carbocycles. The fourth-order valence-corrected chi connectivity index (χ4v) is 19.4. The summed E-state index contributed by atoms with van der Waals surface area (Å²) in [5.41, 5.74) is 27.1. The van der Waals surface area contributed by atoms with E-state index in [9.17, 15) is 0 Å². The quantitative estimate of drug-likeness (QED) is 0.148. The lowest BCUT2D eigenvalue weighted by Gasteiger charge is -2.45. The highest BCUT2D eigenvalue weighted by molar-refractivity contribution is 7.01. The minimum Gasteiger partial charge on any atom is -0.423 e. The molecule has 508 valence electrons. The van der Waals surface area contributed by atoms with Gasteiger partial charge in [-0.25, -0.2) is 0 Å². The molecule has 4 aliphatic rings. The topological polar surface area (TPSA) is 53.4 Å². The van der Waals surface area contributed by atoms with Crippen molar-refractivity contribution in [3.8, 4) is 11.1 Å². The summed E-state index contributed by atoms with van der Waals surface area (Å²) in [6, 6.07) is 124. The molecule has 6 nitrogen and oxygen atoms in total. The smallest absolute Gasteiger partial charge is 0.423 e. The average molecular weight is 1400 g/mol. The van der Waals surface area contributed by atoms with Crippen molar-refractivity contribution < 1.29 is 10.0 Å². The molecular formula is C95H79B3N4O2Si2. The van der Waals surface area contributed by atoms with E-state index in [4.69, 9.17) is 10.0 Å². The predicted octanol–water partition coefficient (Wildman–Crippen LogP) is 18.6. The number of fused-ring (bicyclic) bond motifs is 16. The largest absolute Gasteiger partial charge is 0.488 e. The van der Waals surface area contributed by atoms with Gasteiger partial charge >= 0.3 is 7.12 Å². The number of rotatable bonds is 8. The van der Waals surface area contributed by atoms with Crippen molar-refractivity contribution in [1.82, 2.24) is 0 Å². The molecule has 0 amide bonds. The van der Waals surface area contributed by atoms with Crippen molar-refractivity contribution in [2.45, 2.75) is 46.2 Å². The predicted molar refractivity (Wildman–Crippen MR) is 463 cm³/mol. The highest BCUT2D eigenvalue weighted by Crippen LogP contribution is 2.51. The van der Waals surface area contributed by atoms with Gasteiger partial charge in [-0.3, -0.25) is 0 Å². The Balaban J connectivity index is 0.000000130. The van der Waals surface area contributed by atoms with Gasteiger partial charge in [0, 0.05) is 89.8 Å². The summed E-state index contributed by atoms with van der Waals surface area (Å²) in [6.45, 7) is 16.4. The third kappa shape index (κ3) is 11.4. The molecule has 0 fully saturated rings. The molecule has 11 heteroatoms. The first-order valence-electron chi connectivity index (χ1n) is 37.0. The van der Waals surface area contributed by atoms with Crippen molar-refractivity contribution in [3.05, 3.63) is 345 Å². The lowest BCUT2D eigenvalue weighted by molar-refractivity contribution is 0.426. The molecule has 0 aromatic heterocycles. The van der Waals surface area contributed by atoms with Crippen LogP contribution in [0, 0.1) is 6.92 Å². The molecule has 0 spiro atoms. The van der Waals surface area contributed by atoms with Crippen LogP contribution >= 0.6 is 0 Å². The monoisotopic (exact) mass is 1400 g/mol. The Morgan fingerprint density at radius 2 is 0.538 bits per heavy atom. The highest BCUT2D eigenvalue weighted by atomic mass is 28.3. The van der Waals surface area contributed by atoms with Crippen LogP contribution in [0.5, 0.6) is 0 Å². The second kappa shape index (κ2) is 26.5. The molecule has 2 N–H and O–H groups in total. The lowest BCUT2D eigenvalue weighted by Crippen LogP contribution is -2.61. The molecule has 4 heterocycles. The van der Waals surface area contributed by atoms with Gasteiger partial charge in [-0.05, 0) is 156 Å². The third-order valence-corrected chi connectivity index (χ3v) is 26.2. The van der Waals surface area contributed by atoms with Crippen LogP contribution in [0.1, 0.15) is 5.56 Å². The molecule has 0 aliphatic carbocycles. The normalized spacial score (nSPS) is 13.0. The SMILES string of the molecule is C[Si](C)(C)c1ccc(-c2cc3c4c(c2)N(c2ccccc2)c2c(ccc5ccccc25)B4c2ccc4ccccc4c2N3c2ccccc2)cc1.C[Si](C)(C)c1ccc(B(O)O)cc1.Cc1cc2c3c(c1)N(c1ccccc1)c1c(ccc4ccccc14)B3c1ccc3ccccc3c1N2c1ccccc1. The molecular weight excluding hydrogens is 1320 g/mol. The van der Waals surface area contributed by atoms with Crippen LogP contribution in [0.25, 0.3) is 54.2 Å². The van der Waals surface area contributed by atoms with E-state index in [0.717, 1.165) is 11.4 Å². The van der Waals surface area contributed by atoms with Crippen LogP contribution in [-0.2, 0) is 0 Å². The first-order chi connectivity index (χ1) is 51.6. The number of nitrogens with zero attached hydrogens (tertiary/aromatic N) is 4. The molecule has 0 atom stereocenters. The lowest BCUT2D eigenvalue weighted by atomic mass is 9.33. The molecule has 20 rings (SSSR count).